The van der Waals surface area contributed by atoms with Crippen LogP contribution in [0.4, 0.5) is 0 Å². The Morgan fingerprint density at radius 1 is 1.41 bits per heavy atom. The third-order valence-electron chi connectivity index (χ3n) is 3.37. The molecule has 2 rings (SSSR count). The summed E-state index contributed by atoms with van der Waals surface area (Å²) in [4.78, 5) is 16.1. The van der Waals surface area contributed by atoms with Gasteiger partial charge in [0.15, 0.2) is 0 Å². The van der Waals surface area contributed by atoms with Crippen molar-refractivity contribution in [2.24, 2.45) is 0 Å². The second-order valence-corrected chi connectivity index (χ2v) is 5.85. The summed E-state index contributed by atoms with van der Waals surface area (Å²) in [5.74, 6) is 2.08. The maximum absolute atomic E-state index is 11.9. The molecule has 0 radical (unpaired) electrons. The fourth-order valence-corrected chi connectivity index (χ4v) is 2.59. The molecule has 2 aromatic rings. The summed E-state index contributed by atoms with van der Waals surface area (Å²) >= 11 is 3.44. The highest BCUT2D eigenvalue weighted by Crippen LogP contribution is 2.25. The van der Waals surface area contributed by atoms with E-state index in [2.05, 4.69) is 26.2 Å². The molecule has 0 atom stereocenters. The Balaban J connectivity index is 1.81. The summed E-state index contributed by atoms with van der Waals surface area (Å²) in [7, 11) is 1.62. The molecule has 0 aliphatic carbocycles. The molecule has 0 aliphatic rings. The Hall–Kier alpha value is -1.82. The van der Waals surface area contributed by atoms with E-state index in [0.29, 0.717) is 25.3 Å². The first-order valence-electron chi connectivity index (χ1n) is 7.01. The number of oxazole rings is 1. The first-order chi connectivity index (χ1) is 10.5. The van der Waals surface area contributed by atoms with Gasteiger partial charge in [-0.25, -0.2) is 4.98 Å². The smallest absolute Gasteiger partial charge is 0.220 e. The first kappa shape index (κ1) is 16.5. The van der Waals surface area contributed by atoms with Crippen molar-refractivity contribution in [1.82, 2.24) is 10.3 Å². The molecule has 0 unspecified atom stereocenters. The average molecular weight is 367 g/mol. The Kier molecular flexibility index (Phi) is 5.60. The Bertz CT molecular complexity index is 648. The van der Waals surface area contributed by atoms with E-state index in [9.17, 15) is 4.79 Å². The van der Waals surface area contributed by atoms with Crippen LogP contribution in [0.1, 0.15) is 29.3 Å². The van der Waals surface area contributed by atoms with Crippen molar-refractivity contribution in [3.8, 4) is 5.75 Å². The molecule has 5 nitrogen and oxygen atoms in total. The van der Waals surface area contributed by atoms with Gasteiger partial charge in [-0.05, 0) is 53.9 Å². The fraction of sp³-hybridized carbons (Fsp3) is 0.375. The lowest BCUT2D eigenvalue weighted by Gasteiger charge is -2.06. The number of aromatic nitrogens is 1. The summed E-state index contributed by atoms with van der Waals surface area (Å²) in [5.41, 5.74) is 1.93. The molecule has 0 bridgehead atoms. The number of halogens is 1. The van der Waals surface area contributed by atoms with Crippen LogP contribution in [0, 0.1) is 13.8 Å². The van der Waals surface area contributed by atoms with E-state index in [-0.39, 0.29) is 5.91 Å². The number of carbonyl (C=O) groups is 1. The maximum Gasteiger partial charge on any atom is 0.220 e. The zero-order valence-corrected chi connectivity index (χ0v) is 14.5. The number of methoxy groups -OCH3 is 1. The van der Waals surface area contributed by atoms with Crippen molar-refractivity contribution >= 4 is 21.8 Å². The zero-order valence-electron chi connectivity index (χ0n) is 12.9. The minimum Gasteiger partial charge on any atom is -0.496 e. The van der Waals surface area contributed by atoms with Crippen LogP contribution < -0.4 is 10.1 Å². The summed E-state index contributed by atoms with van der Waals surface area (Å²) in [5, 5.41) is 2.82. The van der Waals surface area contributed by atoms with E-state index in [1.54, 1.807) is 7.11 Å². The SMILES string of the molecule is COc1ccc(CCC(=O)NCc2nc(C)c(C)o2)cc1Br. The lowest BCUT2D eigenvalue weighted by atomic mass is 10.1. The van der Waals surface area contributed by atoms with E-state index in [0.717, 1.165) is 27.2 Å². The van der Waals surface area contributed by atoms with Crippen molar-refractivity contribution in [2.75, 3.05) is 7.11 Å². The van der Waals surface area contributed by atoms with Crippen LogP contribution in [-0.4, -0.2) is 18.0 Å². The normalized spacial score (nSPS) is 10.5. The maximum atomic E-state index is 11.9. The molecular weight excluding hydrogens is 348 g/mol. The molecule has 22 heavy (non-hydrogen) atoms. The van der Waals surface area contributed by atoms with E-state index in [1.807, 2.05) is 32.0 Å². The fourth-order valence-electron chi connectivity index (χ4n) is 2.00. The molecule has 1 aromatic heterocycles. The molecule has 1 N–H and O–H groups in total. The van der Waals surface area contributed by atoms with Crippen molar-refractivity contribution in [2.45, 2.75) is 33.2 Å². The van der Waals surface area contributed by atoms with Crippen LogP contribution in [-0.2, 0) is 17.8 Å². The van der Waals surface area contributed by atoms with Gasteiger partial charge in [-0.3, -0.25) is 4.79 Å². The van der Waals surface area contributed by atoms with Crippen molar-refractivity contribution in [3.63, 3.8) is 0 Å². The van der Waals surface area contributed by atoms with Gasteiger partial charge in [0, 0.05) is 6.42 Å². The second kappa shape index (κ2) is 7.45. The number of hydrogen-bond acceptors (Lipinski definition) is 4. The Morgan fingerprint density at radius 3 is 2.77 bits per heavy atom. The van der Waals surface area contributed by atoms with Crippen LogP contribution >= 0.6 is 15.9 Å². The largest absolute Gasteiger partial charge is 0.496 e. The number of carbonyl (C=O) groups excluding carboxylic acids is 1. The van der Waals surface area contributed by atoms with Crippen LogP contribution in [0.5, 0.6) is 5.75 Å². The van der Waals surface area contributed by atoms with Crippen LogP contribution in [0.2, 0.25) is 0 Å². The highest BCUT2D eigenvalue weighted by molar-refractivity contribution is 9.10. The molecule has 1 aromatic carbocycles. The third-order valence-corrected chi connectivity index (χ3v) is 3.99. The molecular formula is C16H19BrN2O3. The average Bonchev–Trinajstić information content (AvgIpc) is 2.82. The van der Waals surface area contributed by atoms with Gasteiger partial charge < -0.3 is 14.5 Å². The summed E-state index contributed by atoms with van der Waals surface area (Å²) < 4.78 is 11.5. The van der Waals surface area contributed by atoms with E-state index in [4.69, 9.17) is 9.15 Å². The molecule has 0 spiro atoms. The highest BCUT2D eigenvalue weighted by atomic mass is 79.9. The number of aryl methyl sites for hydroxylation is 3. The standard InChI is InChI=1S/C16H19BrN2O3/c1-10-11(2)22-16(19-10)9-18-15(20)7-5-12-4-6-14(21-3)13(17)8-12/h4,6,8H,5,7,9H2,1-3H3,(H,18,20). The number of nitrogens with one attached hydrogen (secondary N) is 1. The predicted octanol–water partition coefficient (Wildman–Crippen LogP) is 3.31. The van der Waals surface area contributed by atoms with Crippen molar-refractivity contribution in [3.05, 3.63) is 45.6 Å². The van der Waals surface area contributed by atoms with Gasteiger partial charge in [-0.1, -0.05) is 6.07 Å². The Morgan fingerprint density at radius 2 is 2.18 bits per heavy atom. The number of nitrogens with zero attached hydrogens (tertiary/aromatic N) is 1. The summed E-state index contributed by atoms with van der Waals surface area (Å²) in [6.45, 7) is 4.06. The summed E-state index contributed by atoms with van der Waals surface area (Å²) in [6, 6.07) is 5.81. The van der Waals surface area contributed by atoms with Gasteiger partial charge in [-0.15, -0.1) is 0 Å². The van der Waals surface area contributed by atoms with Gasteiger partial charge in [0.25, 0.3) is 0 Å². The third kappa shape index (κ3) is 4.34. The monoisotopic (exact) mass is 366 g/mol. The molecule has 0 aliphatic heterocycles. The van der Waals surface area contributed by atoms with Crippen molar-refractivity contribution in [1.29, 1.82) is 0 Å². The van der Waals surface area contributed by atoms with Gasteiger partial charge in [-0.2, -0.15) is 0 Å². The predicted molar refractivity (Wildman–Crippen MR) is 86.8 cm³/mol. The van der Waals surface area contributed by atoms with Crippen molar-refractivity contribution < 1.29 is 13.9 Å². The summed E-state index contributed by atoms with van der Waals surface area (Å²) in [6.07, 6.45) is 1.08. The van der Waals surface area contributed by atoms with Gasteiger partial charge in [0.2, 0.25) is 11.8 Å². The number of amides is 1. The second-order valence-electron chi connectivity index (χ2n) is 4.99. The lowest BCUT2D eigenvalue weighted by molar-refractivity contribution is -0.121. The topological polar surface area (TPSA) is 64.4 Å². The van der Waals surface area contributed by atoms with E-state index in [1.165, 1.54) is 0 Å². The lowest BCUT2D eigenvalue weighted by Crippen LogP contribution is -2.23. The number of ether oxygens (including phenoxy) is 1. The van der Waals surface area contributed by atoms with E-state index >= 15 is 0 Å². The minimum absolute atomic E-state index is 0.0274. The molecule has 6 heteroatoms. The quantitative estimate of drug-likeness (QED) is 0.851. The molecule has 0 saturated carbocycles. The molecule has 1 heterocycles. The van der Waals surface area contributed by atoms with Crippen LogP contribution in [0.15, 0.2) is 27.1 Å². The van der Waals surface area contributed by atoms with Gasteiger partial charge in [0.1, 0.15) is 11.5 Å². The molecule has 0 fully saturated rings. The number of hydrogen-bond donors (Lipinski definition) is 1. The first-order valence-corrected chi connectivity index (χ1v) is 7.81. The van der Waals surface area contributed by atoms with Crippen LogP contribution in [0.3, 0.4) is 0 Å². The van der Waals surface area contributed by atoms with Gasteiger partial charge >= 0.3 is 0 Å². The Labute approximate surface area is 138 Å². The number of rotatable bonds is 6. The zero-order chi connectivity index (χ0) is 16.1. The highest BCUT2D eigenvalue weighted by Gasteiger charge is 2.08. The molecule has 0 saturated heterocycles. The minimum atomic E-state index is -0.0274. The molecule has 118 valence electrons. The van der Waals surface area contributed by atoms with E-state index < -0.39 is 0 Å². The van der Waals surface area contributed by atoms with Gasteiger partial charge in [0.05, 0.1) is 23.8 Å². The van der Waals surface area contributed by atoms with Crippen LogP contribution in [0.25, 0.3) is 0 Å². The molecule has 1 amide bonds. The number of benzene rings is 1.